The summed E-state index contributed by atoms with van der Waals surface area (Å²) in [4.78, 5) is 25.1. The minimum atomic E-state index is -0.821. The molecule has 1 N–H and O–H groups in total. The molecule has 1 fully saturated rings. The maximum atomic E-state index is 12.4. The number of carboxylic acid groups (broad SMARTS) is 1. The van der Waals surface area contributed by atoms with Gasteiger partial charge in [-0.3, -0.25) is 9.59 Å². The number of likely N-dealkylation sites (tertiary alicyclic amines) is 1. The van der Waals surface area contributed by atoms with Gasteiger partial charge in [-0.15, -0.1) is 0 Å². The predicted octanol–water partition coefficient (Wildman–Crippen LogP) is 2.17. The third-order valence-electron chi connectivity index (χ3n) is 3.51. The van der Waals surface area contributed by atoms with Crippen molar-refractivity contribution in [3.05, 3.63) is 23.7 Å². The summed E-state index contributed by atoms with van der Waals surface area (Å²) in [6, 6.07) is 1.68. The van der Waals surface area contributed by atoms with Gasteiger partial charge in [0.05, 0.1) is 17.7 Å². The summed E-state index contributed by atoms with van der Waals surface area (Å²) in [5, 5.41) is 9.05. The van der Waals surface area contributed by atoms with Crippen molar-refractivity contribution < 1.29 is 19.1 Å². The fraction of sp³-hybridized carbons (Fsp3) is 0.571. The second kappa shape index (κ2) is 5.91. The van der Waals surface area contributed by atoms with Crippen LogP contribution in [0.3, 0.4) is 0 Å². The Labute approximate surface area is 112 Å². The molecule has 0 saturated carbocycles. The quantitative estimate of drug-likeness (QED) is 0.905. The summed E-state index contributed by atoms with van der Waals surface area (Å²) in [6.45, 7) is 2.95. The third-order valence-corrected chi connectivity index (χ3v) is 3.51. The number of amides is 1. The number of furan rings is 1. The van der Waals surface area contributed by atoms with Crippen molar-refractivity contribution in [1.82, 2.24) is 4.90 Å². The molecule has 1 aromatic rings. The van der Waals surface area contributed by atoms with E-state index in [1.165, 1.54) is 6.26 Å². The van der Waals surface area contributed by atoms with Crippen molar-refractivity contribution in [3.8, 4) is 0 Å². The van der Waals surface area contributed by atoms with Crippen LogP contribution in [0.5, 0.6) is 0 Å². The summed E-state index contributed by atoms with van der Waals surface area (Å²) >= 11 is 0. The molecule has 0 unspecified atom stereocenters. The molecule has 104 valence electrons. The smallest absolute Gasteiger partial charge is 0.308 e. The van der Waals surface area contributed by atoms with Crippen LogP contribution in [0.25, 0.3) is 0 Å². The molecule has 1 aliphatic rings. The first-order chi connectivity index (χ1) is 9.13. The van der Waals surface area contributed by atoms with Gasteiger partial charge < -0.3 is 14.4 Å². The zero-order valence-electron chi connectivity index (χ0n) is 11.1. The first-order valence-corrected chi connectivity index (χ1v) is 6.72. The summed E-state index contributed by atoms with van der Waals surface area (Å²) in [5.74, 6) is -0.675. The second-order valence-electron chi connectivity index (χ2n) is 4.94. The van der Waals surface area contributed by atoms with Crippen LogP contribution in [0.1, 0.15) is 42.3 Å². The first-order valence-electron chi connectivity index (χ1n) is 6.72. The van der Waals surface area contributed by atoms with Crippen molar-refractivity contribution >= 4 is 11.9 Å². The molecule has 1 amide bonds. The third kappa shape index (κ3) is 2.97. The van der Waals surface area contributed by atoms with Crippen molar-refractivity contribution in [2.24, 2.45) is 5.92 Å². The Hall–Kier alpha value is -1.78. The average Bonchev–Trinajstić information content (AvgIpc) is 2.86. The molecule has 1 aromatic heterocycles. The van der Waals surface area contributed by atoms with Gasteiger partial charge in [-0.1, -0.05) is 6.92 Å². The molecule has 0 radical (unpaired) electrons. The molecular formula is C14H19NO4. The van der Waals surface area contributed by atoms with E-state index in [0.29, 0.717) is 30.8 Å². The average molecular weight is 265 g/mol. The number of hydrogen-bond donors (Lipinski definition) is 1. The van der Waals surface area contributed by atoms with E-state index in [4.69, 9.17) is 9.52 Å². The molecule has 19 heavy (non-hydrogen) atoms. The van der Waals surface area contributed by atoms with Gasteiger partial charge in [-0.05, 0) is 25.3 Å². The molecule has 2 heterocycles. The Bertz CT molecular complexity index is 466. The van der Waals surface area contributed by atoms with Crippen LogP contribution >= 0.6 is 0 Å². The van der Waals surface area contributed by atoms with Crippen LogP contribution in [0.15, 0.2) is 16.7 Å². The zero-order chi connectivity index (χ0) is 13.8. The minimum absolute atomic E-state index is 0.108. The Balaban J connectivity index is 2.10. The molecule has 0 spiro atoms. The molecule has 5 heteroatoms. The lowest BCUT2D eigenvalue weighted by atomic mass is 9.97. The number of carbonyl (C=O) groups excluding carboxylic acids is 1. The topological polar surface area (TPSA) is 70.8 Å². The lowest BCUT2D eigenvalue weighted by Gasteiger charge is -2.30. The maximum absolute atomic E-state index is 12.4. The van der Waals surface area contributed by atoms with Crippen LogP contribution in [0, 0.1) is 5.92 Å². The molecule has 1 aliphatic heterocycles. The van der Waals surface area contributed by atoms with Crippen molar-refractivity contribution in [3.63, 3.8) is 0 Å². The molecule has 0 aromatic carbocycles. The van der Waals surface area contributed by atoms with Crippen LogP contribution in [-0.4, -0.2) is 35.0 Å². The van der Waals surface area contributed by atoms with Gasteiger partial charge in [-0.2, -0.15) is 0 Å². The number of piperidine rings is 1. The number of aryl methyl sites for hydroxylation is 1. The standard InChI is InChI=1S/C14H19NO4/c1-2-4-12-11(6-8-19-12)13(16)15-7-3-5-10(9-15)14(17)18/h6,8,10H,2-5,7,9H2,1H3,(H,17,18)/t10-/m0/s1. The van der Waals surface area contributed by atoms with E-state index in [1.54, 1.807) is 11.0 Å². The lowest BCUT2D eigenvalue weighted by Crippen LogP contribution is -2.42. The van der Waals surface area contributed by atoms with Gasteiger partial charge in [0, 0.05) is 19.5 Å². The number of carboxylic acids is 1. The SMILES string of the molecule is CCCc1occc1C(=O)N1CCC[C@H](C(=O)O)C1. The predicted molar refractivity (Wildman–Crippen MR) is 69.0 cm³/mol. The van der Waals surface area contributed by atoms with Crippen LogP contribution < -0.4 is 0 Å². The number of rotatable bonds is 4. The van der Waals surface area contributed by atoms with Gasteiger partial charge in [0.25, 0.3) is 5.91 Å². The number of carbonyl (C=O) groups is 2. The van der Waals surface area contributed by atoms with Crippen molar-refractivity contribution in [2.75, 3.05) is 13.1 Å². The van der Waals surface area contributed by atoms with Crippen LogP contribution in [0.2, 0.25) is 0 Å². The summed E-state index contributed by atoms with van der Waals surface area (Å²) in [5.41, 5.74) is 0.577. The minimum Gasteiger partial charge on any atom is -0.481 e. The van der Waals surface area contributed by atoms with Crippen LogP contribution in [-0.2, 0) is 11.2 Å². The van der Waals surface area contributed by atoms with E-state index in [9.17, 15) is 9.59 Å². The number of nitrogens with zero attached hydrogens (tertiary/aromatic N) is 1. The van der Waals surface area contributed by atoms with Crippen LogP contribution in [0.4, 0.5) is 0 Å². The van der Waals surface area contributed by atoms with Gasteiger partial charge in [-0.25, -0.2) is 0 Å². The number of hydrogen-bond acceptors (Lipinski definition) is 3. The zero-order valence-corrected chi connectivity index (χ0v) is 11.1. The monoisotopic (exact) mass is 265 g/mol. The van der Waals surface area contributed by atoms with Gasteiger partial charge >= 0.3 is 5.97 Å². The molecule has 1 saturated heterocycles. The highest BCUT2D eigenvalue weighted by molar-refractivity contribution is 5.95. The van der Waals surface area contributed by atoms with Gasteiger partial charge in [0.2, 0.25) is 0 Å². The summed E-state index contributed by atoms with van der Waals surface area (Å²) in [7, 11) is 0. The molecular weight excluding hydrogens is 246 g/mol. The molecule has 5 nitrogen and oxygen atoms in total. The van der Waals surface area contributed by atoms with E-state index in [0.717, 1.165) is 19.3 Å². The lowest BCUT2D eigenvalue weighted by molar-refractivity contribution is -0.143. The fourth-order valence-electron chi connectivity index (χ4n) is 2.49. The Kier molecular flexibility index (Phi) is 4.24. The molecule has 0 bridgehead atoms. The highest BCUT2D eigenvalue weighted by Crippen LogP contribution is 2.21. The van der Waals surface area contributed by atoms with E-state index in [1.807, 2.05) is 6.92 Å². The highest BCUT2D eigenvalue weighted by atomic mass is 16.4. The first kappa shape index (κ1) is 13.6. The normalized spacial score (nSPS) is 19.4. The van der Waals surface area contributed by atoms with E-state index in [-0.39, 0.29) is 5.91 Å². The van der Waals surface area contributed by atoms with E-state index >= 15 is 0 Å². The Morgan fingerprint density at radius 2 is 2.32 bits per heavy atom. The number of aliphatic carboxylic acids is 1. The molecule has 1 atom stereocenters. The Morgan fingerprint density at radius 3 is 3.00 bits per heavy atom. The largest absolute Gasteiger partial charge is 0.481 e. The Morgan fingerprint density at radius 1 is 1.53 bits per heavy atom. The molecule has 2 rings (SSSR count). The molecule has 0 aliphatic carbocycles. The summed E-state index contributed by atoms with van der Waals surface area (Å²) < 4.78 is 5.33. The van der Waals surface area contributed by atoms with Gasteiger partial charge in [0.15, 0.2) is 0 Å². The second-order valence-corrected chi connectivity index (χ2v) is 4.94. The van der Waals surface area contributed by atoms with Crippen molar-refractivity contribution in [1.29, 1.82) is 0 Å². The highest BCUT2D eigenvalue weighted by Gasteiger charge is 2.29. The summed E-state index contributed by atoms with van der Waals surface area (Å²) in [6.07, 6.45) is 4.54. The maximum Gasteiger partial charge on any atom is 0.308 e. The van der Waals surface area contributed by atoms with Crippen molar-refractivity contribution in [2.45, 2.75) is 32.6 Å². The van der Waals surface area contributed by atoms with E-state index in [2.05, 4.69) is 0 Å². The van der Waals surface area contributed by atoms with Gasteiger partial charge in [0.1, 0.15) is 5.76 Å². The fourth-order valence-corrected chi connectivity index (χ4v) is 2.49. The van der Waals surface area contributed by atoms with E-state index < -0.39 is 11.9 Å².